The molecule has 0 amide bonds. The third-order valence-corrected chi connectivity index (χ3v) is 2.59. The predicted octanol–water partition coefficient (Wildman–Crippen LogP) is -0.739. The molecule has 1 aromatic rings. The van der Waals surface area contributed by atoms with Gasteiger partial charge in [-0.15, -0.1) is 10.2 Å². The molecule has 0 aromatic carbocycles. The summed E-state index contributed by atoms with van der Waals surface area (Å²) >= 11 is 0. The van der Waals surface area contributed by atoms with Gasteiger partial charge in [-0.25, -0.2) is 0 Å². The van der Waals surface area contributed by atoms with Crippen molar-refractivity contribution in [2.45, 2.75) is 24.9 Å². The highest BCUT2D eigenvalue weighted by molar-refractivity contribution is 4.95. The highest BCUT2D eigenvalue weighted by Gasteiger charge is 2.35. The average Bonchev–Trinajstić information content (AvgIpc) is 2.77. The highest BCUT2D eigenvalue weighted by Crippen LogP contribution is 2.27. The van der Waals surface area contributed by atoms with Crippen molar-refractivity contribution in [1.82, 2.24) is 20.2 Å². The Bertz CT molecular complexity index is 304. The molecule has 0 aliphatic carbocycles. The molecule has 1 atom stereocenters. The number of nitrogens with two attached hydrogens (primary N) is 1. The van der Waals surface area contributed by atoms with Gasteiger partial charge in [0.05, 0.1) is 12.6 Å². The standard InChI is InChI=1S/C8H15N5O/c1-13-11-7(10-12-13)5-8(6-9)3-2-4-14-8/h2-6,9H2,1H3. The Labute approximate surface area is 82.4 Å². The van der Waals surface area contributed by atoms with Crippen molar-refractivity contribution in [2.24, 2.45) is 12.8 Å². The van der Waals surface area contributed by atoms with E-state index in [1.807, 2.05) is 0 Å². The zero-order valence-electron chi connectivity index (χ0n) is 8.31. The number of tetrazole rings is 1. The summed E-state index contributed by atoms with van der Waals surface area (Å²) in [6.07, 6.45) is 2.72. The Balaban J connectivity index is 2.08. The molecular weight excluding hydrogens is 182 g/mol. The van der Waals surface area contributed by atoms with E-state index in [9.17, 15) is 0 Å². The molecule has 0 spiro atoms. The van der Waals surface area contributed by atoms with Gasteiger partial charge in [0.1, 0.15) is 0 Å². The third-order valence-electron chi connectivity index (χ3n) is 2.59. The van der Waals surface area contributed by atoms with Gasteiger partial charge in [-0.2, -0.15) is 4.80 Å². The van der Waals surface area contributed by atoms with Crippen LogP contribution in [-0.2, 0) is 18.2 Å². The summed E-state index contributed by atoms with van der Waals surface area (Å²) < 4.78 is 5.66. The van der Waals surface area contributed by atoms with Crippen molar-refractivity contribution < 1.29 is 4.74 Å². The molecule has 1 fully saturated rings. The Kier molecular flexibility index (Phi) is 2.47. The van der Waals surface area contributed by atoms with Crippen molar-refractivity contribution in [3.63, 3.8) is 0 Å². The van der Waals surface area contributed by atoms with Crippen molar-refractivity contribution in [3.05, 3.63) is 5.82 Å². The fourth-order valence-electron chi connectivity index (χ4n) is 1.81. The normalized spacial score (nSPS) is 27.0. The predicted molar refractivity (Wildman–Crippen MR) is 49.5 cm³/mol. The molecule has 2 N–H and O–H groups in total. The van der Waals surface area contributed by atoms with Crippen LogP contribution in [-0.4, -0.2) is 39.0 Å². The summed E-state index contributed by atoms with van der Waals surface area (Å²) in [6.45, 7) is 1.31. The van der Waals surface area contributed by atoms with Crippen LogP contribution in [0.1, 0.15) is 18.7 Å². The minimum absolute atomic E-state index is 0.247. The maximum atomic E-state index is 5.72. The average molecular weight is 197 g/mol. The van der Waals surface area contributed by atoms with E-state index in [0.717, 1.165) is 19.4 Å². The van der Waals surface area contributed by atoms with E-state index in [0.29, 0.717) is 18.8 Å². The molecule has 6 nitrogen and oxygen atoms in total. The zero-order valence-corrected chi connectivity index (χ0v) is 8.31. The molecule has 1 saturated heterocycles. The van der Waals surface area contributed by atoms with Crippen molar-refractivity contribution >= 4 is 0 Å². The Morgan fingerprint density at radius 3 is 3.00 bits per heavy atom. The largest absolute Gasteiger partial charge is 0.373 e. The van der Waals surface area contributed by atoms with Gasteiger partial charge in [0.2, 0.25) is 0 Å². The number of rotatable bonds is 3. The lowest BCUT2D eigenvalue weighted by Crippen LogP contribution is -2.39. The first-order chi connectivity index (χ1) is 6.74. The van der Waals surface area contributed by atoms with Crippen molar-refractivity contribution in [3.8, 4) is 0 Å². The third kappa shape index (κ3) is 1.76. The Morgan fingerprint density at radius 1 is 1.64 bits per heavy atom. The lowest BCUT2D eigenvalue weighted by molar-refractivity contribution is 0.0106. The number of nitrogens with zero attached hydrogens (tertiary/aromatic N) is 4. The second-order valence-corrected chi connectivity index (χ2v) is 3.71. The van der Waals surface area contributed by atoms with Crippen LogP contribution < -0.4 is 5.73 Å². The van der Waals surface area contributed by atoms with Crippen LogP contribution in [0.3, 0.4) is 0 Å². The van der Waals surface area contributed by atoms with Crippen molar-refractivity contribution in [2.75, 3.05) is 13.2 Å². The van der Waals surface area contributed by atoms with E-state index >= 15 is 0 Å². The van der Waals surface area contributed by atoms with Gasteiger partial charge in [0.15, 0.2) is 5.82 Å². The lowest BCUT2D eigenvalue weighted by atomic mass is 9.96. The summed E-state index contributed by atoms with van der Waals surface area (Å²) in [4.78, 5) is 1.45. The van der Waals surface area contributed by atoms with Gasteiger partial charge in [-0.05, 0) is 18.1 Å². The van der Waals surface area contributed by atoms with E-state index in [2.05, 4.69) is 15.4 Å². The Hall–Kier alpha value is -1.01. The summed E-state index contributed by atoms with van der Waals surface area (Å²) in [5.74, 6) is 0.708. The molecule has 0 saturated carbocycles. The lowest BCUT2D eigenvalue weighted by Gasteiger charge is -2.24. The van der Waals surface area contributed by atoms with Crippen LogP contribution in [0.5, 0.6) is 0 Å². The van der Waals surface area contributed by atoms with Crippen molar-refractivity contribution in [1.29, 1.82) is 0 Å². The maximum Gasteiger partial charge on any atom is 0.177 e. The number of hydrogen-bond donors (Lipinski definition) is 1. The van der Waals surface area contributed by atoms with Crippen LogP contribution in [0.2, 0.25) is 0 Å². The van der Waals surface area contributed by atoms with Gasteiger partial charge in [-0.3, -0.25) is 0 Å². The maximum absolute atomic E-state index is 5.72. The zero-order chi connectivity index (χ0) is 10.0. The van der Waals surface area contributed by atoms with Gasteiger partial charge in [0, 0.05) is 19.6 Å². The summed E-state index contributed by atoms with van der Waals surface area (Å²) in [5, 5.41) is 11.8. The van der Waals surface area contributed by atoms with E-state index in [-0.39, 0.29) is 5.60 Å². The van der Waals surface area contributed by atoms with E-state index in [1.54, 1.807) is 7.05 Å². The molecule has 1 aliphatic rings. The molecule has 14 heavy (non-hydrogen) atoms. The molecule has 1 aliphatic heterocycles. The fraction of sp³-hybridized carbons (Fsp3) is 0.875. The van der Waals surface area contributed by atoms with E-state index < -0.39 is 0 Å². The summed E-state index contributed by atoms with van der Waals surface area (Å²) in [5.41, 5.74) is 5.47. The summed E-state index contributed by atoms with van der Waals surface area (Å²) in [6, 6.07) is 0. The minimum atomic E-state index is -0.247. The molecule has 2 heterocycles. The molecule has 6 heteroatoms. The SMILES string of the molecule is Cn1nnc(CC2(CN)CCCO2)n1. The quantitative estimate of drug-likeness (QED) is 0.690. The van der Waals surface area contributed by atoms with Crippen LogP contribution in [0.15, 0.2) is 0 Å². The fourth-order valence-corrected chi connectivity index (χ4v) is 1.81. The topological polar surface area (TPSA) is 78.9 Å². The first kappa shape index (κ1) is 9.54. The second kappa shape index (κ2) is 3.62. The first-order valence-corrected chi connectivity index (χ1v) is 4.81. The van der Waals surface area contributed by atoms with Crippen LogP contribution in [0.4, 0.5) is 0 Å². The number of hydrogen-bond acceptors (Lipinski definition) is 5. The van der Waals surface area contributed by atoms with E-state index in [4.69, 9.17) is 10.5 Å². The van der Waals surface area contributed by atoms with E-state index in [1.165, 1.54) is 4.80 Å². The Morgan fingerprint density at radius 2 is 2.50 bits per heavy atom. The van der Waals surface area contributed by atoms with Gasteiger partial charge in [-0.1, -0.05) is 0 Å². The monoisotopic (exact) mass is 197 g/mol. The minimum Gasteiger partial charge on any atom is -0.373 e. The van der Waals surface area contributed by atoms with Crippen LogP contribution in [0, 0.1) is 0 Å². The molecular formula is C8H15N5O. The molecule has 0 bridgehead atoms. The molecule has 1 aromatic heterocycles. The van der Waals surface area contributed by atoms with Gasteiger partial charge < -0.3 is 10.5 Å². The van der Waals surface area contributed by atoms with Crippen LogP contribution in [0.25, 0.3) is 0 Å². The molecule has 2 rings (SSSR count). The second-order valence-electron chi connectivity index (χ2n) is 3.71. The molecule has 78 valence electrons. The van der Waals surface area contributed by atoms with Gasteiger partial charge in [0.25, 0.3) is 0 Å². The molecule has 1 unspecified atom stereocenters. The number of aromatic nitrogens is 4. The molecule has 0 radical (unpaired) electrons. The van der Waals surface area contributed by atoms with Crippen LogP contribution >= 0.6 is 0 Å². The number of aryl methyl sites for hydroxylation is 1. The number of ether oxygens (including phenoxy) is 1. The summed E-state index contributed by atoms with van der Waals surface area (Å²) in [7, 11) is 1.75. The smallest absolute Gasteiger partial charge is 0.177 e. The first-order valence-electron chi connectivity index (χ1n) is 4.81. The van der Waals surface area contributed by atoms with Gasteiger partial charge >= 0.3 is 0 Å². The highest BCUT2D eigenvalue weighted by atomic mass is 16.5.